The second-order valence-corrected chi connectivity index (χ2v) is 4.07. The van der Waals surface area contributed by atoms with E-state index < -0.39 is 0 Å². The third-order valence-corrected chi connectivity index (χ3v) is 2.50. The van der Waals surface area contributed by atoms with Crippen LogP contribution in [-0.4, -0.2) is 18.5 Å². The fourth-order valence-corrected chi connectivity index (χ4v) is 1.47. The van der Waals surface area contributed by atoms with Gasteiger partial charge >= 0.3 is 0 Å². The molecule has 96 valence electrons. The van der Waals surface area contributed by atoms with Gasteiger partial charge in [-0.3, -0.25) is 4.79 Å². The molecule has 0 bridgehead atoms. The summed E-state index contributed by atoms with van der Waals surface area (Å²) in [4.78, 5) is 11.7. The third kappa shape index (κ3) is 3.67. The first kappa shape index (κ1) is 13.8. The molecule has 4 N–H and O–H groups in total. The maximum atomic E-state index is 11.7. The van der Waals surface area contributed by atoms with Crippen molar-refractivity contribution < 1.29 is 4.79 Å². The predicted molar refractivity (Wildman–Crippen MR) is 72.0 cm³/mol. The topological polar surface area (TPSA) is 90.9 Å². The number of carbonyl (C=O) groups excluding carboxylic acids is 1. The Morgan fingerprint density at radius 1 is 1.56 bits per heavy atom. The number of nitrogens with two attached hydrogens (primary N) is 1. The zero-order valence-electron chi connectivity index (χ0n) is 10.7. The number of benzene rings is 1. The SMILES string of the molecule is CCCNC(=O)C(C)Nc1ccc(C#N)c(N)c1. The summed E-state index contributed by atoms with van der Waals surface area (Å²) in [6, 6.07) is 6.67. The van der Waals surface area contributed by atoms with Crippen LogP contribution in [-0.2, 0) is 4.79 Å². The van der Waals surface area contributed by atoms with Crippen LogP contribution in [0, 0.1) is 11.3 Å². The second-order valence-electron chi connectivity index (χ2n) is 4.07. The summed E-state index contributed by atoms with van der Waals surface area (Å²) in [5.41, 5.74) is 7.27. The van der Waals surface area contributed by atoms with Gasteiger partial charge in [-0.1, -0.05) is 6.92 Å². The molecule has 5 nitrogen and oxygen atoms in total. The zero-order valence-corrected chi connectivity index (χ0v) is 10.7. The first-order valence-electron chi connectivity index (χ1n) is 5.92. The molecule has 1 atom stereocenters. The number of rotatable bonds is 5. The Labute approximate surface area is 107 Å². The normalized spacial score (nSPS) is 11.4. The van der Waals surface area contributed by atoms with Crippen molar-refractivity contribution in [2.45, 2.75) is 26.3 Å². The van der Waals surface area contributed by atoms with E-state index in [2.05, 4.69) is 10.6 Å². The van der Waals surface area contributed by atoms with Crippen LogP contribution in [0.4, 0.5) is 11.4 Å². The lowest BCUT2D eigenvalue weighted by molar-refractivity contribution is -0.121. The quantitative estimate of drug-likeness (QED) is 0.686. The van der Waals surface area contributed by atoms with Crippen LogP contribution in [0.25, 0.3) is 0 Å². The van der Waals surface area contributed by atoms with Crippen molar-refractivity contribution in [3.05, 3.63) is 23.8 Å². The second kappa shape index (κ2) is 6.50. The summed E-state index contributed by atoms with van der Waals surface area (Å²) in [6.45, 7) is 4.44. The summed E-state index contributed by atoms with van der Waals surface area (Å²) < 4.78 is 0. The Kier molecular flexibility index (Phi) is 5.00. The number of hydrogen-bond acceptors (Lipinski definition) is 4. The van der Waals surface area contributed by atoms with Gasteiger partial charge in [-0.15, -0.1) is 0 Å². The lowest BCUT2D eigenvalue weighted by Crippen LogP contribution is -2.37. The summed E-state index contributed by atoms with van der Waals surface area (Å²) in [5, 5.41) is 14.6. The number of nitrogens with zero attached hydrogens (tertiary/aromatic N) is 1. The fourth-order valence-electron chi connectivity index (χ4n) is 1.47. The molecular weight excluding hydrogens is 228 g/mol. The fraction of sp³-hybridized carbons (Fsp3) is 0.385. The standard InChI is InChI=1S/C13H18N4O/c1-3-6-16-13(18)9(2)17-11-5-4-10(8-14)12(15)7-11/h4-5,7,9,17H,3,6,15H2,1-2H3,(H,16,18). The Bertz CT molecular complexity index is 465. The summed E-state index contributed by atoms with van der Waals surface area (Å²) >= 11 is 0. The van der Waals surface area contributed by atoms with Gasteiger partial charge in [0.1, 0.15) is 12.1 Å². The number of nitriles is 1. The van der Waals surface area contributed by atoms with Crippen LogP contribution >= 0.6 is 0 Å². The van der Waals surface area contributed by atoms with Gasteiger partial charge in [0.2, 0.25) is 5.91 Å². The minimum atomic E-state index is -0.344. The van der Waals surface area contributed by atoms with Crippen molar-refractivity contribution in [2.75, 3.05) is 17.6 Å². The van der Waals surface area contributed by atoms with Crippen LogP contribution in [0.1, 0.15) is 25.8 Å². The molecule has 1 aromatic carbocycles. The van der Waals surface area contributed by atoms with E-state index in [1.165, 1.54) is 0 Å². The molecule has 1 unspecified atom stereocenters. The van der Waals surface area contributed by atoms with Crippen LogP contribution in [0.3, 0.4) is 0 Å². The molecule has 5 heteroatoms. The third-order valence-electron chi connectivity index (χ3n) is 2.50. The monoisotopic (exact) mass is 246 g/mol. The maximum absolute atomic E-state index is 11.7. The van der Waals surface area contributed by atoms with Gasteiger partial charge in [0, 0.05) is 12.2 Å². The summed E-state index contributed by atoms with van der Waals surface area (Å²) in [6.07, 6.45) is 0.905. The molecule has 0 fully saturated rings. The van der Waals surface area contributed by atoms with Crippen LogP contribution < -0.4 is 16.4 Å². The van der Waals surface area contributed by atoms with Gasteiger partial charge in [0.05, 0.1) is 11.3 Å². The van der Waals surface area contributed by atoms with E-state index in [0.717, 1.165) is 12.1 Å². The van der Waals surface area contributed by atoms with E-state index in [1.807, 2.05) is 13.0 Å². The predicted octanol–water partition coefficient (Wildman–Crippen LogP) is 1.47. The summed E-state index contributed by atoms with van der Waals surface area (Å²) in [7, 11) is 0. The highest BCUT2D eigenvalue weighted by molar-refractivity contribution is 5.84. The van der Waals surface area contributed by atoms with Crippen LogP contribution in [0.15, 0.2) is 18.2 Å². The summed E-state index contributed by atoms with van der Waals surface area (Å²) in [5.74, 6) is -0.0558. The number of hydrogen-bond donors (Lipinski definition) is 3. The van der Waals surface area contributed by atoms with E-state index >= 15 is 0 Å². The minimum absolute atomic E-state index is 0.0558. The lowest BCUT2D eigenvalue weighted by Gasteiger charge is -2.15. The number of nitrogen functional groups attached to an aromatic ring is 1. The number of nitrogens with one attached hydrogen (secondary N) is 2. The van der Waals surface area contributed by atoms with E-state index in [4.69, 9.17) is 11.0 Å². The number of carbonyl (C=O) groups is 1. The van der Waals surface area contributed by atoms with E-state index in [-0.39, 0.29) is 11.9 Å². The average Bonchev–Trinajstić information content (AvgIpc) is 2.36. The Hall–Kier alpha value is -2.22. The molecule has 1 aromatic rings. The molecule has 0 aliphatic carbocycles. The largest absolute Gasteiger partial charge is 0.398 e. The van der Waals surface area contributed by atoms with Gasteiger partial charge < -0.3 is 16.4 Å². The maximum Gasteiger partial charge on any atom is 0.242 e. The molecule has 1 rings (SSSR count). The lowest BCUT2D eigenvalue weighted by atomic mass is 10.1. The van der Waals surface area contributed by atoms with E-state index in [0.29, 0.717) is 17.8 Å². The van der Waals surface area contributed by atoms with Crippen molar-refractivity contribution in [1.82, 2.24) is 5.32 Å². The van der Waals surface area contributed by atoms with Crippen molar-refractivity contribution in [3.63, 3.8) is 0 Å². The van der Waals surface area contributed by atoms with Crippen molar-refractivity contribution in [2.24, 2.45) is 0 Å². The molecule has 0 aliphatic heterocycles. The molecule has 0 saturated carbocycles. The van der Waals surface area contributed by atoms with Gasteiger partial charge in [-0.2, -0.15) is 5.26 Å². The molecule has 0 heterocycles. The van der Waals surface area contributed by atoms with Crippen molar-refractivity contribution in [1.29, 1.82) is 5.26 Å². The minimum Gasteiger partial charge on any atom is -0.398 e. The number of anilines is 2. The molecule has 1 amide bonds. The molecule has 0 aliphatic rings. The molecular formula is C13H18N4O. The Morgan fingerprint density at radius 2 is 2.28 bits per heavy atom. The number of amides is 1. The molecule has 0 saturated heterocycles. The van der Waals surface area contributed by atoms with Crippen LogP contribution in [0.2, 0.25) is 0 Å². The van der Waals surface area contributed by atoms with Gasteiger partial charge in [-0.05, 0) is 31.5 Å². The Balaban J connectivity index is 2.65. The van der Waals surface area contributed by atoms with Gasteiger partial charge in [0.15, 0.2) is 0 Å². The average molecular weight is 246 g/mol. The highest BCUT2D eigenvalue weighted by Crippen LogP contribution is 2.17. The molecule has 0 radical (unpaired) electrons. The smallest absolute Gasteiger partial charge is 0.242 e. The highest BCUT2D eigenvalue weighted by Gasteiger charge is 2.11. The highest BCUT2D eigenvalue weighted by atomic mass is 16.2. The first-order chi connectivity index (χ1) is 8.58. The molecule has 0 aromatic heterocycles. The van der Waals surface area contributed by atoms with Gasteiger partial charge in [-0.25, -0.2) is 0 Å². The zero-order chi connectivity index (χ0) is 13.5. The first-order valence-corrected chi connectivity index (χ1v) is 5.92. The molecule has 18 heavy (non-hydrogen) atoms. The molecule has 0 spiro atoms. The Morgan fingerprint density at radius 3 is 2.83 bits per heavy atom. The van der Waals surface area contributed by atoms with E-state index in [1.54, 1.807) is 25.1 Å². The van der Waals surface area contributed by atoms with Gasteiger partial charge in [0.25, 0.3) is 0 Å². The van der Waals surface area contributed by atoms with E-state index in [9.17, 15) is 4.79 Å². The van der Waals surface area contributed by atoms with Crippen molar-refractivity contribution >= 4 is 17.3 Å². The van der Waals surface area contributed by atoms with Crippen molar-refractivity contribution in [3.8, 4) is 6.07 Å². The van der Waals surface area contributed by atoms with Crippen LogP contribution in [0.5, 0.6) is 0 Å².